The van der Waals surface area contributed by atoms with Gasteiger partial charge >= 0.3 is 12.0 Å². The SMILES string of the molecule is CC(C)C[C@H](CNC(=O)N(C)C1CCNCC1)CC(=O)O. The van der Waals surface area contributed by atoms with E-state index in [4.69, 9.17) is 5.11 Å². The Hall–Kier alpha value is -1.30. The number of aliphatic carboxylic acids is 1. The van der Waals surface area contributed by atoms with E-state index in [0.29, 0.717) is 12.5 Å². The Morgan fingerprint density at radius 2 is 1.95 bits per heavy atom. The predicted octanol–water partition coefficient (Wildman–Crippen LogP) is 1.52. The van der Waals surface area contributed by atoms with E-state index in [-0.39, 0.29) is 24.4 Å². The highest BCUT2D eigenvalue weighted by molar-refractivity contribution is 5.74. The van der Waals surface area contributed by atoms with Crippen molar-refractivity contribution in [3.63, 3.8) is 0 Å². The molecule has 1 fully saturated rings. The number of nitrogens with zero attached hydrogens (tertiary/aromatic N) is 1. The van der Waals surface area contributed by atoms with Crippen LogP contribution in [0.15, 0.2) is 0 Å². The van der Waals surface area contributed by atoms with Crippen LogP contribution in [0.25, 0.3) is 0 Å². The second-order valence-corrected chi connectivity index (χ2v) is 6.37. The van der Waals surface area contributed by atoms with Crippen LogP contribution in [0.5, 0.6) is 0 Å². The summed E-state index contributed by atoms with van der Waals surface area (Å²) >= 11 is 0. The van der Waals surface area contributed by atoms with E-state index in [2.05, 4.69) is 24.5 Å². The van der Waals surface area contributed by atoms with Crippen LogP contribution in [0.3, 0.4) is 0 Å². The fraction of sp³-hybridized carbons (Fsp3) is 0.867. The first-order valence-electron chi connectivity index (χ1n) is 7.83. The van der Waals surface area contributed by atoms with E-state index in [1.54, 1.807) is 4.90 Å². The first-order chi connectivity index (χ1) is 9.90. The van der Waals surface area contributed by atoms with Crippen LogP contribution >= 0.6 is 0 Å². The Morgan fingerprint density at radius 3 is 2.48 bits per heavy atom. The van der Waals surface area contributed by atoms with Gasteiger partial charge in [0.1, 0.15) is 0 Å². The standard InChI is InChI=1S/C15H29N3O3/c1-11(2)8-12(9-14(19)20)10-17-15(21)18(3)13-4-6-16-7-5-13/h11-13,16H,4-10H2,1-3H3,(H,17,21)(H,19,20)/t12-/m0/s1. The van der Waals surface area contributed by atoms with Crippen molar-refractivity contribution in [3.05, 3.63) is 0 Å². The van der Waals surface area contributed by atoms with Crippen molar-refractivity contribution in [2.45, 2.75) is 45.6 Å². The molecule has 122 valence electrons. The van der Waals surface area contributed by atoms with Gasteiger partial charge < -0.3 is 20.6 Å². The zero-order valence-electron chi connectivity index (χ0n) is 13.4. The van der Waals surface area contributed by atoms with Gasteiger partial charge in [0, 0.05) is 26.1 Å². The van der Waals surface area contributed by atoms with Gasteiger partial charge in [-0.15, -0.1) is 0 Å². The molecule has 6 heteroatoms. The molecule has 2 amide bonds. The number of hydrogen-bond donors (Lipinski definition) is 3. The van der Waals surface area contributed by atoms with Gasteiger partial charge in [0.25, 0.3) is 0 Å². The topological polar surface area (TPSA) is 81.7 Å². The van der Waals surface area contributed by atoms with Crippen molar-refractivity contribution in [3.8, 4) is 0 Å². The minimum Gasteiger partial charge on any atom is -0.481 e. The fourth-order valence-corrected chi connectivity index (χ4v) is 2.87. The van der Waals surface area contributed by atoms with Gasteiger partial charge in [-0.2, -0.15) is 0 Å². The second-order valence-electron chi connectivity index (χ2n) is 6.37. The van der Waals surface area contributed by atoms with Gasteiger partial charge in [0.2, 0.25) is 0 Å². The number of carboxylic acid groups (broad SMARTS) is 1. The summed E-state index contributed by atoms with van der Waals surface area (Å²) in [5.74, 6) is -0.386. The van der Waals surface area contributed by atoms with Crippen molar-refractivity contribution in [2.24, 2.45) is 11.8 Å². The van der Waals surface area contributed by atoms with Gasteiger partial charge in [-0.3, -0.25) is 4.79 Å². The maximum atomic E-state index is 12.2. The van der Waals surface area contributed by atoms with Crippen molar-refractivity contribution in [1.29, 1.82) is 0 Å². The maximum Gasteiger partial charge on any atom is 0.317 e. The lowest BCUT2D eigenvalue weighted by Crippen LogP contribution is -2.48. The molecule has 6 nitrogen and oxygen atoms in total. The normalized spacial score (nSPS) is 17.5. The molecule has 1 heterocycles. The van der Waals surface area contributed by atoms with Gasteiger partial charge in [-0.05, 0) is 44.2 Å². The number of piperidine rings is 1. The first-order valence-corrected chi connectivity index (χ1v) is 7.83. The zero-order valence-corrected chi connectivity index (χ0v) is 13.4. The second kappa shape index (κ2) is 8.87. The summed E-state index contributed by atoms with van der Waals surface area (Å²) in [5.41, 5.74) is 0. The Labute approximate surface area is 127 Å². The molecule has 0 aromatic heterocycles. The summed E-state index contributed by atoms with van der Waals surface area (Å²) in [6.45, 7) is 6.45. The third-order valence-corrected chi connectivity index (χ3v) is 3.99. The maximum absolute atomic E-state index is 12.2. The minimum atomic E-state index is -0.804. The number of amides is 2. The molecule has 0 aromatic carbocycles. The number of carbonyl (C=O) groups is 2. The molecular weight excluding hydrogens is 270 g/mol. The largest absolute Gasteiger partial charge is 0.481 e. The quantitative estimate of drug-likeness (QED) is 0.665. The predicted molar refractivity (Wildman–Crippen MR) is 82.3 cm³/mol. The van der Waals surface area contributed by atoms with Crippen molar-refractivity contribution in [1.82, 2.24) is 15.5 Å². The van der Waals surface area contributed by atoms with Crippen molar-refractivity contribution in [2.75, 3.05) is 26.7 Å². The third-order valence-electron chi connectivity index (χ3n) is 3.99. The lowest BCUT2D eigenvalue weighted by molar-refractivity contribution is -0.138. The molecule has 3 N–H and O–H groups in total. The van der Waals surface area contributed by atoms with Crippen molar-refractivity contribution < 1.29 is 14.7 Å². The summed E-state index contributed by atoms with van der Waals surface area (Å²) in [7, 11) is 1.82. The summed E-state index contributed by atoms with van der Waals surface area (Å²) in [6.07, 6.45) is 2.85. The molecule has 21 heavy (non-hydrogen) atoms. The molecule has 0 spiro atoms. The van der Waals surface area contributed by atoms with Crippen LogP contribution < -0.4 is 10.6 Å². The molecule has 0 radical (unpaired) electrons. The first kappa shape index (κ1) is 17.8. The molecule has 1 aliphatic rings. The third kappa shape index (κ3) is 6.80. The van der Waals surface area contributed by atoms with E-state index in [0.717, 1.165) is 32.4 Å². The average molecular weight is 299 g/mol. The van der Waals surface area contributed by atoms with Gasteiger partial charge in [0.15, 0.2) is 0 Å². The molecule has 0 unspecified atom stereocenters. The number of rotatable bonds is 7. The molecule has 0 bridgehead atoms. The minimum absolute atomic E-state index is 0.00660. The lowest BCUT2D eigenvalue weighted by atomic mass is 9.94. The highest BCUT2D eigenvalue weighted by Crippen LogP contribution is 2.15. The highest BCUT2D eigenvalue weighted by Gasteiger charge is 2.23. The Balaban J connectivity index is 2.41. The van der Waals surface area contributed by atoms with E-state index in [1.807, 2.05) is 7.05 Å². The van der Waals surface area contributed by atoms with E-state index in [9.17, 15) is 9.59 Å². The molecule has 1 saturated heterocycles. The van der Waals surface area contributed by atoms with Crippen LogP contribution in [0.4, 0.5) is 4.79 Å². The summed E-state index contributed by atoms with van der Waals surface area (Å²) in [6, 6.07) is 0.176. The highest BCUT2D eigenvalue weighted by atomic mass is 16.4. The van der Waals surface area contributed by atoms with Crippen LogP contribution in [0.1, 0.15) is 39.5 Å². The molecule has 0 saturated carbocycles. The average Bonchev–Trinajstić information content (AvgIpc) is 2.43. The van der Waals surface area contributed by atoms with Crippen LogP contribution in [0, 0.1) is 11.8 Å². The summed E-state index contributed by atoms with van der Waals surface area (Å²) in [4.78, 5) is 24.8. The lowest BCUT2D eigenvalue weighted by Gasteiger charge is -2.32. The van der Waals surface area contributed by atoms with Crippen LogP contribution in [0.2, 0.25) is 0 Å². The molecule has 1 rings (SSSR count). The molecule has 1 atom stereocenters. The van der Waals surface area contributed by atoms with E-state index in [1.165, 1.54) is 0 Å². The number of nitrogens with one attached hydrogen (secondary N) is 2. The Morgan fingerprint density at radius 1 is 1.33 bits per heavy atom. The number of urea groups is 1. The Bertz CT molecular complexity index is 341. The molecule has 0 aromatic rings. The summed E-state index contributed by atoms with van der Waals surface area (Å²) < 4.78 is 0. The van der Waals surface area contributed by atoms with Gasteiger partial charge in [-0.1, -0.05) is 13.8 Å². The summed E-state index contributed by atoms with van der Waals surface area (Å²) in [5, 5.41) is 15.1. The zero-order chi connectivity index (χ0) is 15.8. The molecular formula is C15H29N3O3. The van der Waals surface area contributed by atoms with Gasteiger partial charge in [-0.25, -0.2) is 4.79 Å². The monoisotopic (exact) mass is 299 g/mol. The van der Waals surface area contributed by atoms with E-state index >= 15 is 0 Å². The van der Waals surface area contributed by atoms with Crippen LogP contribution in [-0.4, -0.2) is 54.7 Å². The van der Waals surface area contributed by atoms with Gasteiger partial charge in [0.05, 0.1) is 0 Å². The Kier molecular flexibility index (Phi) is 7.50. The smallest absolute Gasteiger partial charge is 0.317 e. The van der Waals surface area contributed by atoms with Crippen LogP contribution in [-0.2, 0) is 4.79 Å². The number of carbonyl (C=O) groups excluding carboxylic acids is 1. The molecule has 0 aliphatic carbocycles. The van der Waals surface area contributed by atoms with E-state index < -0.39 is 5.97 Å². The fourth-order valence-electron chi connectivity index (χ4n) is 2.87. The number of hydrogen-bond acceptors (Lipinski definition) is 3. The van der Waals surface area contributed by atoms with Crippen molar-refractivity contribution >= 4 is 12.0 Å². The molecule has 1 aliphatic heterocycles. The number of carboxylic acids is 1.